The summed E-state index contributed by atoms with van der Waals surface area (Å²) in [5, 5.41) is 3.80. The molecule has 1 aliphatic heterocycles. The summed E-state index contributed by atoms with van der Waals surface area (Å²) in [6.45, 7) is 4.95. The van der Waals surface area contributed by atoms with E-state index in [-0.39, 0.29) is 0 Å². The molecular formula is C14H21ClN2O. The summed E-state index contributed by atoms with van der Waals surface area (Å²) in [5.41, 5.74) is 1.18. The third kappa shape index (κ3) is 3.87. The summed E-state index contributed by atoms with van der Waals surface area (Å²) in [4.78, 5) is 2.43. The fraction of sp³-hybridized carbons (Fsp3) is 0.571. The third-order valence-electron chi connectivity index (χ3n) is 3.24. The Balaban J connectivity index is 1.81. The number of likely N-dealkylation sites (tertiary alicyclic amines) is 1. The second kappa shape index (κ2) is 6.98. The number of nitrogens with zero attached hydrogens (tertiary/aromatic N) is 1. The molecule has 0 aromatic heterocycles. The number of hydrogen-bond acceptors (Lipinski definition) is 3. The number of benzene rings is 1. The van der Waals surface area contributed by atoms with Crippen LogP contribution in [0, 0.1) is 0 Å². The Labute approximate surface area is 114 Å². The number of nitrogens with one attached hydrogen (secondary N) is 1. The monoisotopic (exact) mass is 268 g/mol. The molecule has 1 aliphatic rings. The molecule has 3 nitrogen and oxygen atoms in total. The Bertz CT molecular complexity index is 378. The second-order valence-corrected chi connectivity index (χ2v) is 5.10. The third-order valence-corrected chi connectivity index (χ3v) is 3.54. The molecule has 1 fully saturated rings. The quantitative estimate of drug-likeness (QED) is 0.858. The van der Waals surface area contributed by atoms with Gasteiger partial charge in [-0.3, -0.25) is 4.90 Å². The van der Waals surface area contributed by atoms with Crippen LogP contribution in [0.1, 0.15) is 18.4 Å². The van der Waals surface area contributed by atoms with Crippen molar-refractivity contribution in [3.05, 3.63) is 28.8 Å². The Morgan fingerprint density at radius 1 is 1.33 bits per heavy atom. The van der Waals surface area contributed by atoms with Gasteiger partial charge in [0.15, 0.2) is 0 Å². The maximum atomic E-state index is 6.19. The molecule has 2 rings (SSSR count). The molecule has 1 saturated heterocycles. The normalized spacial score (nSPS) is 16.1. The van der Waals surface area contributed by atoms with Gasteiger partial charge in [-0.1, -0.05) is 17.7 Å². The Kier molecular flexibility index (Phi) is 5.29. The topological polar surface area (TPSA) is 24.5 Å². The van der Waals surface area contributed by atoms with Crippen LogP contribution in [0.25, 0.3) is 0 Å². The molecule has 0 saturated carbocycles. The summed E-state index contributed by atoms with van der Waals surface area (Å²) in [7, 11) is 1.92. The van der Waals surface area contributed by atoms with Crippen LogP contribution >= 0.6 is 11.6 Å². The van der Waals surface area contributed by atoms with Crippen LogP contribution in [0.2, 0.25) is 5.02 Å². The van der Waals surface area contributed by atoms with E-state index in [2.05, 4.69) is 10.2 Å². The molecule has 100 valence electrons. The van der Waals surface area contributed by atoms with Gasteiger partial charge in [-0.15, -0.1) is 0 Å². The van der Waals surface area contributed by atoms with Crippen LogP contribution in [0.3, 0.4) is 0 Å². The molecule has 0 radical (unpaired) electrons. The second-order valence-electron chi connectivity index (χ2n) is 4.69. The molecular weight excluding hydrogens is 248 g/mol. The zero-order valence-corrected chi connectivity index (χ0v) is 11.7. The van der Waals surface area contributed by atoms with E-state index in [1.807, 2.05) is 25.2 Å². The highest BCUT2D eigenvalue weighted by Gasteiger charge is 2.11. The fourth-order valence-electron chi connectivity index (χ4n) is 2.27. The first kappa shape index (κ1) is 13.7. The lowest BCUT2D eigenvalue weighted by atomic mass is 10.2. The van der Waals surface area contributed by atoms with E-state index in [1.165, 1.54) is 31.5 Å². The molecule has 1 aromatic carbocycles. The highest BCUT2D eigenvalue weighted by Crippen LogP contribution is 2.25. The zero-order valence-electron chi connectivity index (χ0n) is 10.9. The minimum Gasteiger partial charge on any atom is -0.491 e. The first-order chi connectivity index (χ1) is 8.79. The lowest BCUT2D eigenvalue weighted by molar-refractivity contribution is 0.238. The van der Waals surface area contributed by atoms with Crippen molar-refractivity contribution in [2.75, 3.05) is 33.3 Å². The molecule has 0 bridgehead atoms. The standard InChI is InChI=1S/C14H21ClN2O/c1-16-11-12-4-5-14(13(15)10-12)18-9-8-17-6-2-3-7-17/h4-5,10,16H,2-3,6-9,11H2,1H3. The first-order valence-corrected chi connectivity index (χ1v) is 6.95. The molecule has 0 aliphatic carbocycles. The van der Waals surface area contributed by atoms with Gasteiger partial charge in [0.25, 0.3) is 0 Å². The highest BCUT2D eigenvalue weighted by atomic mass is 35.5. The smallest absolute Gasteiger partial charge is 0.137 e. The van der Waals surface area contributed by atoms with Gasteiger partial charge in [0.1, 0.15) is 12.4 Å². The molecule has 1 aromatic rings. The van der Waals surface area contributed by atoms with E-state index in [0.29, 0.717) is 11.6 Å². The van der Waals surface area contributed by atoms with Crippen molar-refractivity contribution in [1.82, 2.24) is 10.2 Å². The van der Waals surface area contributed by atoms with E-state index in [0.717, 1.165) is 18.8 Å². The van der Waals surface area contributed by atoms with E-state index in [9.17, 15) is 0 Å². The van der Waals surface area contributed by atoms with Gasteiger partial charge < -0.3 is 10.1 Å². The average molecular weight is 269 g/mol. The fourth-order valence-corrected chi connectivity index (χ4v) is 2.52. The maximum absolute atomic E-state index is 6.19. The van der Waals surface area contributed by atoms with E-state index < -0.39 is 0 Å². The van der Waals surface area contributed by atoms with Gasteiger partial charge in [-0.05, 0) is 50.7 Å². The zero-order chi connectivity index (χ0) is 12.8. The number of rotatable bonds is 6. The Morgan fingerprint density at radius 3 is 2.78 bits per heavy atom. The van der Waals surface area contributed by atoms with Crippen molar-refractivity contribution in [2.24, 2.45) is 0 Å². The van der Waals surface area contributed by atoms with Crippen molar-refractivity contribution in [2.45, 2.75) is 19.4 Å². The molecule has 0 unspecified atom stereocenters. The minimum atomic E-state index is 0.698. The lowest BCUT2D eigenvalue weighted by Gasteiger charge is -2.15. The van der Waals surface area contributed by atoms with Crippen molar-refractivity contribution < 1.29 is 4.74 Å². The first-order valence-electron chi connectivity index (χ1n) is 6.58. The molecule has 18 heavy (non-hydrogen) atoms. The molecule has 1 N–H and O–H groups in total. The predicted molar refractivity (Wildman–Crippen MR) is 75.4 cm³/mol. The van der Waals surface area contributed by atoms with E-state index >= 15 is 0 Å². The summed E-state index contributed by atoms with van der Waals surface area (Å²) < 4.78 is 5.74. The molecule has 4 heteroatoms. The van der Waals surface area contributed by atoms with Crippen molar-refractivity contribution in [1.29, 1.82) is 0 Å². The van der Waals surface area contributed by atoms with E-state index in [1.54, 1.807) is 0 Å². The number of ether oxygens (including phenoxy) is 1. The number of halogens is 1. The summed E-state index contributed by atoms with van der Waals surface area (Å²) >= 11 is 6.19. The summed E-state index contributed by atoms with van der Waals surface area (Å²) in [6, 6.07) is 5.97. The molecule has 0 amide bonds. The van der Waals surface area contributed by atoms with Gasteiger partial charge >= 0.3 is 0 Å². The lowest BCUT2D eigenvalue weighted by Crippen LogP contribution is -2.25. The summed E-state index contributed by atoms with van der Waals surface area (Å²) in [5.74, 6) is 0.788. The van der Waals surface area contributed by atoms with Gasteiger partial charge in [0.2, 0.25) is 0 Å². The predicted octanol–water partition coefficient (Wildman–Crippen LogP) is 2.53. The average Bonchev–Trinajstić information content (AvgIpc) is 2.85. The van der Waals surface area contributed by atoms with Crippen molar-refractivity contribution in [3.63, 3.8) is 0 Å². The Hall–Kier alpha value is -0.770. The van der Waals surface area contributed by atoms with Gasteiger partial charge in [0, 0.05) is 13.1 Å². The SMILES string of the molecule is CNCc1ccc(OCCN2CCCC2)c(Cl)c1. The largest absolute Gasteiger partial charge is 0.491 e. The Morgan fingerprint density at radius 2 is 2.11 bits per heavy atom. The van der Waals surface area contributed by atoms with Crippen LogP contribution in [0.5, 0.6) is 5.75 Å². The molecule has 0 atom stereocenters. The van der Waals surface area contributed by atoms with Gasteiger partial charge in [0.05, 0.1) is 5.02 Å². The van der Waals surface area contributed by atoms with Crippen LogP contribution in [-0.4, -0.2) is 38.2 Å². The van der Waals surface area contributed by atoms with Crippen LogP contribution < -0.4 is 10.1 Å². The molecule has 1 heterocycles. The van der Waals surface area contributed by atoms with E-state index in [4.69, 9.17) is 16.3 Å². The highest BCUT2D eigenvalue weighted by molar-refractivity contribution is 6.32. The maximum Gasteiger partial charge on any atom is 0.137 e. The molecule has 0 spiro atoms. The van der Waals surface area contributed by atoms with Crippen molar-refractivity contribution in [3.8, 4) is 5.75 Å². The number of hydrogen-bond donors (Lipinski definition) is 1. The van der Waals surface area contributed by atoms with Crippen molar-refractivity contribution >= 4 is 11.6 Å². The van der Waals surface area contributed by atoms with Crippen LogP contribution in [0.4, 0.5) is 0 Å². The van der Waals surface area contributed by atoms with Gasteiger partial charge in [-0.25, -0.2) is 0 Å². The van der Waals surface area contributed by atoms with Crippen LogP contribution in [-0.2, 0) is 6.54 Å². The van der Waals surface area contributed by atoms with Crippen LogP contribution in [0.15, 0.2) is 18.2 Å². The minimum absolute atomic E-state index is 0.698. The van der Waals surface area contributed by atoms with Gasteiger partial charge in [-0.2, -0.15) is 0 Å². The summed E-state index contributed by atoms with van der Waals surface area (Å²) in [6.07, 6.45) is 2.64.